The predicted octanol–water partition coefficient (Wildman–Crippen LogP) is 6.18. The molecule has 0 amide bonds. The highest BCUT2D eigenvalue weighted by molar-refractivity contribution is 6.89. The van der Waals surface area contributed by atoms with Gasteiger partial charge in [-0.05, 0) is 46.0 Å². The molecule has 1 aromatic heterocycles. The Kier molecular flexibility index (Phi) is 4.70. The van der Waals surface area contributed by atoms with Gasteiger partial charge in [0.1, 0.15) is 0 Å². The van der Waals surface area contributed by atoms with E-state index in [1.807, 2.05) is 0 Å². The molecule has 0 N–H and O–H groups in total. The van der Waals surface area contributed by atoms with Crippen LogP contribution in [0.5, 0.6) is 0 Å². The number of benzene rings is 2. The smallest absolute Gasteiger partial charge is 0.0799 e. The summed E-state index contributed by atoms with van der Waals surface area (Å²) in [5, 5.41) is 4.13. The Morgan fingerprint density at radius 3 is 2.38 bits per heavy atom. The molecular formula is C24H29NSi. The average Bonchev–Trinajstić information content (AvgIpc) is 3.13. The largest absolute Gasteiger partial charge is 0.256 e. The van der Waals surface area contributed by atoms with Crippen molar-refractivity contribution in [2.24, 2.45) is 5.92 Å². The van der Waals surface area contributed by atoms with Gasteiger partial charge in [-0.3, -0.25) is 4.98 Å². The summed E-state index contributed by atoms with van der Waals surface area (Å²) in [4.78, 5) is 4.89. The minimum atomic E-state index is -1.38. The number of rotatable bonds is 4. The van der Waals surface area contributed by atoms with Crippen LogP contribution in [0.3, 0.4) is 0 Å². The summed E-state index contributed by atoms with van der Waals surface area (Å²) in [5.74, 6) is 0.872. The lowest BCUT2D eigenvalue weighted by molar-refractivity contribution is 0.547. The molecule has 0 unspecified atom stereocenters. The van der Waals surface area contributed by atoms with Gasteiger partial charge in [-0.2, -0.15) is 0 Å². The van der Waals surface area contributed by atoms with Crippen LogP contribution >= 0.6 is 0 Å². The van der Waals surface area contributed by atoms with Gasteiger partial charge in [0, 0.05) is 11.8 Å². The van der Waals surface area contributed by atoms with E-state index < -0.39 is 8.07 Å². The maximum absolute atomic E-state index is 4.89. The first-order valence-corrected chi connectivity index (χ1v) is 13.5. The lowest BCUT2D eigenvalue weighted by Crippen LogP contribution is -2.41. The molecule has 134 valence electrons. The lowest BCUT2D eigenvalue weighted by Gasteiger charge is -2.23. The molecule has 0 radical (unpaired) electrons. The molecular weight excluding hydrogens is 330 g/mol. The zero-order valence-electron chi connectivity index (χ0n) is 16.3. The van der Waals surface area contributed by atoms with Gasteiger partial charge in [-0.15, -0.1) is 0 Å². The first kappa shape index (κ1) is 17.5. The normalized spacial score (nSPS) is 15.7. The van der Waals surface area contributed by atoms with Crippen molar-refractivity contribution >= 4 is 24.0 Å². The van der Waals surface area contributed by atoms with E-state index in [2.05, 4.69) is 74.4 Å². The highest BCUT2D eigenvalue weighted by Gasteiger charge is 2.24. The van der Waals surface area contributed by atoms with E-state index in [0.717, 1.165) is 11.6 Å². The van der Waals surface area contributed by atoms with Gasteiger partial charge in [0.2, 0.25) is 0 Å². The third-order valence-corrected chi connectivity index (χ3v) is 7.89. The van der Waals surface area contributed by atoms with E-state index in [1.165, 1.54) is 48.4 Å². The molecule has 4 rings (SSSR count). The van der Waals surface area contributed by atoms with Crippen molar-refractivity contribution in [1.82, 2.24) is 4.98 Å². The third kappa shape index (κ3) is 3.61. The van der Waals surface area contributed by atoms with Crippen LogP contribution in [0, 0.1) is 5.92 Å². The molecule has 2 heteroatoms. The molecule has 0 spiro atoms. The van der Waals surface area contributed by atoms with Crippen LogP contribution < -0.4 is 5.19 Å². The van der Waals surface area contributed by atoms with Crippen molar-refractivity contribution < 1.29 is 0 Å². The van der Waals surface area contributed by atoms with Crippen LogP contribution in [-0.2, 0) is 6.42 Å². The zero-order valence-corrected chi connectivity index (χ0v) is 17.3. The van der Waals surface area contributed by atoms with Gasteiger partial charge in [0.25, 0.3) is 0 Å². The van der Waals surface area contributed by atoms with Crippen LogP contribution in [0.15, 0.2) is 54.7 Å². The monoisotopic (exact) mass is 359 g/mol. The third-order valence-electron chi connectivity index (χ3n) is 5.83. The Bertz CT molecular complexity index is 917. The molecule has 0 atom stereocenters. The molecule has 26 heavy (non-hydrogen) atoms. The van der Waals surface area contributed by atoms with Crippen LogP contribution in [0.2, 0.25) is 19.6 Å². The van der Waals surface area contributed by atoms with Crippen LogP contribution in [0.4, 0.5) is 0 Å². The van der Waals surface area contributed by atoms with E-state index >= 15 is 0 Å². The fourth-order valence-electron chi connectivity index (χ4n) is 4.37. The fraction of sp³-hybridized carbons (Fsp3) is 0.375. The Hall–Kier alpha value is -1.93. The molecule has 1 saturated carbocycles. The van der Waals surface area contributed by atoms with Gasteiger partial charge in [0.05, 0.1) is 13.8 Å². The van der Waals surface area contributed by atoms with Gasteiger partial charge in [-0.25, -0.2) is 0 Å². The number of nitrogens with zero attached hydrogens (tertiary/aromatic N) is 1. The predicted molar refractivity (Wildman–Crippen MR) is 116 cm³/mol. The maximum Gasteiger partial charge on any atom is 0.0799 e. The van der Waals surface area contributed by atoms with Crippen LogP contribution in [-0.4, -0.2) is 13.1 Å². The van der Waals surface area contributed by atoms with Gasteiger partial charge < -0.3 is 0 Å². The maximum atomic E-state index is 4.89. The number of hydrogen-bond donors (Lipinski definition) is 0. The van der Waals surface area contributed by atoms with E-state index in [0.29, 0.717) is 0 Å². The molecule has 2 aromatic carbocycles. The molecule has 1 fully saturated rings. The summed E-state index contributed by atoms with van der Waals surface area (Å²) < 4.78 is 0. The summed E-state index contributed by atoms with van der Waals surface area (Å²) in [7, 11) is -1.38. The molecule has 1 aliphatic carbocycles. The minimum Gasteiger partial charge on any atom is -0.256 e. The topological polar surface area (TPSA) is 12.9 Å². The van der Waals surface area contributed by atoms with Gasteiger partial charge in [0.15, 0.2) is 0 Å². The van der Waals surface area contributed by atoms with Crippen molar-refractivity contribution in [2.45, 2.75) is 51.7 Å². The Morgan fingerprint density at radius 1 is 0.923 bits per heavy atom. The minimum absolute atomic E-state index is 0.872. The molecule has 0 aliphatic heterocycles. The van der Waals surface area contributed by atoms with Crippen molar-refractivity contribution in [2.75, 3.05) is 0 Å². The van der Waals surface area contributed by atoms with Crippen molar-refractivity contribution in [3.63, 3.8) is 0 Å². The summed E-state index contributed by atoms with van der Waals surface area (Å²) in [6, 6.07) is 17.7. The molecule has 1 heterocycles. The van der Waals surface area contributed by atoms with Gasteiger partial charge >= 0.3 is 0 Å². The SMILES string of the molecule is C[Si](C)(C)c1cnc(-c2ccc3ccccc3c2)cc1CC1CCCC1. The zero-order chi connectivity index (χ0) is 18.1. The van der Waals surface area contributed by atoms with Crippen LogP contribution in [0.25, 0.3) is 22.0 Å². The second kappa shape index (κ2) is 7.00. The number of fused-ring (bicyclic) bond motifs is 1. The summed E-state index contributed by atoms with van der Waals surface area (Å²) in [6.45, 7) is 7.33. The Morgan fingerprint density at radius 2 is 1.65 bits per heavy atom. The van der Waals surface area contributed by atoms with E-state index in [1.54, 1.807) is 10.8 Å². The molecule has 1 aliphatic rings. The van der Waals surface area contributed by atoms with E-state index in [4.69, 9.17) is 4.98 Å². The van der Waals surface area contributed by atoms with Crippen molar-refractivity contribution in [3.05, 3.63) is 60.3 Å². The van der Waals surface area contributed by atoms with Crippen molar-refractivity contribution in [1.29, 1.82) is 0 Å². The first-order chi connectivity index (χ1) is 12.5. The Balaban J connectivity index is 1.75. The molecule has 3 aromatic rings. The summed E-state index contributed by atoms with van der Waals surface area (Å²) in [6.07, 6.45) is 9.06. The van der Waals surface area contributed by atoms with E-state index in [-0.39, 0.29) is 0 Å². The highest BCUT2D eigenvalue weighted by Crippen LogP contribution is 2.30. The quantitative estimate of drug-likeness (QED) is 0.507. The number of pyridine rings is 1. The van der Waals surface area contributed by atoms with Gasteiger partial charge in [-0.1, -0.05) is 81.7 Å². The van der Waals surface area contributed by atoms with E-state index in [9.17, 15) is 0 Å². The standard InChI is InChI=1S/C24H29NSi/c1-26(2,3)24-17-25-23(16-22(24)14-18-8-4-5-9-18)21-13-12-19-10-6-7-11-20(19)15-21/h6-7,10-13,15-18H,4-5,8-9,14H2,1-3H3. The lowest BCUT2D eigenvalue weighted by atomic mass is 9.97. The second-order valence-corrected chi connectivity index (χ2v) is 13.9. The second-order valence-electron chi connectivity index (χ2n) is 8.89. The summed E-state index contributed by atoms with van der Waals surface area (Å²) >= 11 is 0. The Labute approximate surface area is 158 Å². The van der Waals surface area contributed by atoms with Crippen LogP contribution in [0.1, 0.15) is 31.2 Å². The average molecular weight is 360 g/mol. The molecule has 1 nitrogen and oxygen atoms in total. The number of aromatic nitrogens is 1. The first-order valence-electron chi connectivity index (χ1n) is 9.99. The molecule has 0 bridgehead atoms. The highest BCUT2D eigenvalue weighted by atomic mass is 28.3. The van der Waals surface area contributed by atoms with Crippen molar-refractivity contribution in [3.8, 4) is 11.3 Å². The summed E-state index contributed by atoms with van der Waals surface area (Å²) in [5.41, 5.74) is 3.93. The molecule has 0 saturated heterocycles. The fourth-order valence-corrected chi connectivity index (χ4v) is 5.96. The number of hydrogen-bond acceptors (Lipinski definition) is 1.